The standard InChI is InChI=1S/C16H21ClN2S/c1-5-13-7-9-16(20-13)11(2)18-12-6-8-15(19(3)4)14(17)10-12/h6-11,18H,5H2,1-4H3. The Bertz CT molecular complexity index is 578. The fourth-order valence-corrected chi connectivity index (χ4v) is 3.40. The van der Waals surface area contributed by atoms with Gasteiger partial charge in [-0.1, -0.05) is 18.5 Å². The van der Waals surface area contributed by atoms with Gasteiger partial charge in [-0.05, 0) is 43.7 Å². The van der Waals surface area contributed by atoms with Gasteiger partial charge in [-0.25, -0.2) is 0 Å². The predicted molar refractivity (Wildman–Crippen MR) is 91.5 cm³/mol. The molecule has 0 radical (unpaired) electrons. The molecule has 0 aliphatic rings. The minimum atomic E-state index is 0.293. The van der Waals surface area contributed by atoms with E-state index in [1.54, 1.807) is 0 Å². The summed E-state index contributed by atoms with van der Waals surface area (Å²) in [5.41, 5.74) is 2.09. The average Bonchev–Trinajstić information content (AvgIpc) is 2.87. The zero-order chi connectivity index (χ0) is 14.7. The smallest absolute Gasteiger partial charge is 0.0659 e. The van der Waals surface area contributed by atoms with Crippen molar-refractivity contribution >= 4 is 34.3 Å². The first-order valence-electron chi connectivity index (χ1n) is 6.83. The number of nitrogens with zero attached hydrogens (tertiary/aromatic N) is 1. The molecule has 0 aliphatic heterocycles. The van der Waals surface area contributed by atoms with E-state index in [-0.39, 0.29) is 0 Å². The molecular weight excluding hydrogens is 288 g/mol. The molecule has 1 aromatic heterocycles. The van der Waals surface area contributed by atoms with Gasteiger partial charge in [0.05, 0.1) is 16.8 Å². The highest BCUT2D eigenvalue weighted by Crippen LogP contribution is 2.31. The summed E-state index contributed by atoms with van der Waals surface area (Å²) in [6, 6.07) is 10.8. The van der Waals surface area contributed by atoms with Crippen LogP contribution in [-0.4, -0.2) is 14.1 Å². The zero-order valence-electron chi connectivity index (χ0n) is 12.4. The Hall–Kier alpha value is -1.19. The van der Waals surface area contributed by atoms with Gasteiger partial charge in [-0.3, -0.25) is 0 Å². The second-order valence-corrected chi connectivity index (χ2v) is 6.69. The normalized spacial score (nSPS) is 12.2. The lowest BCUT2D eigenvalue weighted by molar-refractivity contribution is 0.908. The third kappa shape index (κ3) is 3.47. The molecule has 0 saturated carbocycles. The Kier molecular flexibility index (Phi) is 4.95. The number of rotatable bonds is 5. The highest BCUT2D eigenvalue weighted by Gasteiger charge is 2.10. The van der Waals surface area contributed by atoms with E-state index in [0.29, 0.717) is 6.04 Å². The van der Waals surface area contributed by atoms with Gasteiger partial charge in [0.1, 0.15) is 0 Å². The van der Waals surface area contributed by atoms with Gasteiger partial charge in [-0.15, -0.1) is 11.3 Å². The maximum Gasteiger partial charge on any atom is 0.0659 e. The van der Waals surface area contributed by atoms with E-state index in [1.807, 2.05) is 42.5 Å². The van der Waals surface area contributed by atoms with Crippen LogP contribution in [0, 0.1) is 0 Å². The van der Waals surface area contributed by atoms with Crippen LogP contribution >= 0.6 is 22.9 Å². The van der Waals surface area contributed by atoms with Crippen LogP contribution in [-0.2, 0) is 6.42 Å². The van der Waals surface area contributed by atoms with Crippen molar-refractivity contribution in [2.45, 2.75) is 26.3 Å². The Morgan fingerprint density at radius 1 is 1.25 bits per heavy atom. The average molecular weight is 309 g/mol. The first-order valence-corrected chi connectivity index (χ1v) is 8.02. The number of hydrogen-bond acceptors (Lipinski definition) is 3. The molecule has 1 atom stereocenters. The van der Waals surface area contributed by atoms with Gasteiger partial charge in [0.2, 0.25) is 0 Å². The summed E-state index contributed by atoms with van der Waals surface area (Å²) >= 11 is 8.17. The molecule has 2 aromatic rings. The lowest BCUT2D eigenvalue weighted by Crippen LogP contribution is -2.10. The number of halogens is 1. The van der Waals surface area contributed by atoms with Gasteiger partial charge >= 0.3 is 0 Å². The van der Waals surface area contributed by atoms with E-state index in [2.05, 4.69) is 37.4 Å². The van der Waals surface area contributed by atoms with Crippen LogP contribution in [0.1, 0.15) is 29.6 Å². The van der Waals surface area contributed by atoms with Gasteiger partial charge in [0.15, 0.2) is 0 Å². The maximum absolute atomic E-state index is 6.30. The van der Waals surface area contributed by atoms with Crippen LogP contribution in [0.3, 0.4) is 0 Å². The molecule has 0 fully saturated rings. The quantitative estimate of drug-likeness (QED) is 0.816. The van der Waals surface area contributed by atoms with Gasteiger partial charge < -0.3 is 10.2 Å². The van der Waals surface area contributed by atoms with E-state index in [1.165, 1.54) is 9.75 Å². The molecule has 20 heavy (non-hydrogen) atoms. The summed E-state index contributed by atoms with van der Waals surface area (Å²) in [7, 11) is 3.99. The number of thiophene rings is 1. The number of anilines is 2. The summed E-state index contributed by atoms with van der Waals surface area (Å²) in [6.45, 7) is 4.37. The minimum Gasteiger partial charge on any atom is -0.378 e. The predicted octanol–water partition coefficient (Wildman–Crippen LogP) is 5.20. The topological polar surface area (TPSA) is 15.3 Å². The first-order chi connectivity index (χ1) is 9.51. The lowest BCUT2D eigenvalue weighted by atomic mass is 10.2. The molecule has 4 heteroatoms. The molecule has 1 unspecified atom stereocenters. The zero-order valence-corrected chi connectivity index (χ0v) is 14.0. The molecule has 0 spiro atoms. The van der Waals surface area contributed by atoms with Crippen molar-refractivity contribution < 1.29 is 0 Å². The van der Waals surface area contributed by atoms with Crippen molar-refractivity contribution in [3.05, 3.63) is 45.1 Å². The summed E-state index contributed by atoms with van der Waals surface area (Å²) in [5, 5.41) is 4.28. The Labute approximate surface area is 130 Å². The molecule has 108 valence electrons. The van der Waals surface area contributed by atoms with E-state index >= 15 is 0 Å². The molecule has 1 N–H and O–H groups in total. The van der Waals surface area contributed by atoms with Crippen LogP contribution in [0.2, 0.25) is 5.02 Å². The van der Waals surface area contributed by atoms with Crippen molar-refractivity contribution in [3.8, 4) is 0 Å². The molecule has 2 nitrogen and oxygen atoms in total. The Morgan fingerprint density at radius 2 is 2.00 bits per heavy atom. The fourth-order valence-electron chi connectivity index (χ4n) is 2.10. The molecule has 2 rings (SSSR count). The van der Waals surface area contributed by atoms with E-state index in [4.69, 9.17) is 11.6 Å². The summed E-state index contributed by atoms with van der Waals surface area (Å²) in [4.78, 5) is 4.80. The van der Waals surface area contributed by atoms with Gasteiger partial charge in [-0.2, -0.15) is 0 Å². The van der Waals surface area contributed by atoms with E-state index in [0.717, 1.165) is 22.8 Å². The minimum absolute atomic E-state index is 0.293. The maximum atomic E-state index is 6.30. The second kappa shape index (κ2) is 6.51. The Morgan fingerprint density at radius 3 is 2.55 bits per heavy atom. The molecule has 0 aliphatic carbocycles. The van der Waals surface area contributed by atoms with E-state index in [9.17, 15) is 0 Å². The Balaban J connectivity index is 2.11. The molecule has 1 heterocycles. The van der Waals surface area contributed by atoms with Gasteiger partial charge in [0.25, 0.3) is 0 Å². The van der Waals surface area contributed by atoms with Gasteiger partial charge in [0, 0.05) is 29.5 Å². The first kappa shape index (κ1) is 15.2. The number of benzene rings is 1. The molecule has 0 amide bonds. The summed E-state index contributed by atoms with van der Waals surface area (Å²) < 4.78 is 0. The second-order valence-electron chi connectivity index (χ2n) is 5.08. The fraction of sp³-hybridized carbons (Fsp3) is 0.375. The van der Waals surface area contributed by atoms with Crippen LogP contribution in [0.4, 0.5) is 11.4 Å². The van der Waals surface area contributed by atoms with Crippen molar-refractivity contribution in [3.63, 3.8) is 0 Å². The monoisotopic (exact) mass is 308 g/mol. The summed E-state index contributed by atoms with van der Waals surface area (Å²) in [5.74, 6) is 0. The third-order valence-corrected chi connectivity index (χ3v) is 4.99. The third-order valence-electron chi connectivity index (χ3n) is 3.27. The van der Waals surface area contributed by atoms with E-state index < -0.39 is 0 Å². The molecule has 0 bridgehead atoms. The van der Waals surface area contributed by atoms with Crippen molar-refractivity contribution in [1.29, 1.82) is 0 Å². The number of hydrogen-bond donors (Lipinski definition) is 1. The highest BCUT2D eigenvalue weighted by atomic mass is 35.5. The molecule has 0 saturated heterocycles. The van der Waals surface area contributed by atoms with Crippen LogP contribution in [0.5, 0.6) is 0 Å². The molecule has 1 aromatic carbocycles. The highest BCUT2D eigenvalue weighted by molar-refractivity contribution is 7.12. The largest absolute Gasteiger partial charge is 0.378 e. The van der Waals surface area contributed by atoms with Crippen molar-refractivity contribution in [2.24, 2.45) is 0 Å². The number of nitrogens with one attached hydrogen (secondary N) is 1. The SMILES string of the molecule is CCc1ccc(C(C)Nc2ccc(N(C)C)c(Cl)c2)s1. The summed E-state index contributed by atoms with van der Waals surface area (Å²) in [6.07, 6.45) is 1.10. The van der Waals surface area contributed by atoms with Crippen LogP contribution in [0.15, 0.2) is 30.3 Å². The molecular formula is C16H21ClN2S. The van der Waals surface area contributed by atoms with Crippen molar-refractivity contribution in [2.75, 3.05) is 24.3 Å². The number of aryl methyl sites for hydroxylation is 1. The van der Waals surface area contributed by atoms with Crippen LogP contribution < -0.4 is 10.2 Å². The van der Waals surface area contributed by atoms with Crippen molar-refractivity contribution in [1.82, 2.24) is 0 Å². The van der Waals surface area contributed by atoms with Crippen LogP contribution in [0.25, 0.3) is 0 Å². The lowest BCUT2D eigenvalue weighted by Gasteiger charge is -2.18.